The van der Waals surface area contributed by atoms with Crippen molar-refractivity contribution < 1.29 is 4.42 Å². The van der Waals surface area contributed by atoms with Crippen molar-refractivity contribution in [2.75, 3.05) is 5.32 Å². The van der Waals surface area contributed by atoms with Gasteiger partial charge in [0.1, 0.15) is 11.5 Å². The highest BCUT2D eigenvalue weighted by Crippen LogP contribution is 2.23. The minimum Gasteiger partial charge on any atom is -0.464 e. The third-order valence-electron chi connectivity index (χ3n) is 3.29. The highest BCUT2D eigenvalue weighted by Gasteiger charge is 2.09. The van der Waals surface area contributed by atoms with Gasteiger partial charge in [-0.2, -0.15) is 0 Å². The average Bonchev–Trinajstić information content (AvgIpc) is 2.76. The fourth-order valence-corrected chi connectivity index (χ4v) is 2.19. The summed E-state index contributed by atoms with van der Waals surface area (Å²) in [5.41, 5.74) is 3.89. The summed E-state index contributed by atoms with van der Waals surface area (Å²) in [5, 5.41) is 3.47. The van der Waals surface area contributed by atoms with E-state index in [1.165, 1.54) is 11.1 Å². The zero-order chi connectivity index (χ0) is 13.1. The van der Waals surface area contributed by atoms with Gasteiger partial charge in [0.15, 0.2) is 0 Å². The molecule has 0 amide bonds. The Morgan fingerprint density at radius 3 is 2.50 bits per heavy atom. The van der Waals surface area contributed by atoms with Crippen LogP contribution in [0.25, 0.3) is 0 Å². The molecule has 2 nitrogen and oxygen atoms in total. The van der Waals surface area contributed by atoms with E-state index in [0.29, 0.717) is 0 Å². The number of furan rings is 1. The van der Waals surface area contributed by atoms with Crippen molar-refractivity contribution in [3.63, 3.8) is 0 Å². The maximum absolute atomic E-state index is 5.63. The molecular formula is C16H21NO. The van der Waals surface area contributed by atoms with E-state index in [0.717, 1.165) is 23.6 Å². The van der Waals surface area contributed by atoms with Crippen LogP contribution in [0, 0.1) is 13.8 Å². The fraction of sp³-hybridized carbons (Fsp3) is 0.375. The van der Waals surface area contributed by atoms with Gasteiger partial charge in [-0.1, -0.05) is 13.0 Å². The molecule has 2 aromatic rings. The predicted octanol–water partition coefficient (Wildman–Crippen LogP) is 4.63. The molecule has 0 aliphatic rings. The van der Waals surface area contributed by atoms with E-state index in [1.807, 2.05) is 19.1 Å². The molecule has 18 heavy (non-hydrogen) atoms. The molecule has 0 radical (unpaired) electrons. The van der Waals surface area contributed by atoms with Crippen molar-refractivity contribution in [2.45, 2.75) is 40.2 Å². The van der Waals surface area contributed by atoms with Crippen molar-refractivity contribution in [2.24, 2.45) is 0 Å². The zero-order valence-electron chi connectivity index (χ0n) is 11.6. The molecule has 96 valence electrons. The third-order valence-corrected chi connectivity index (χ3v) is 3.29. The van der Waals surface area contributed by atoms with Crippen LogP contribution in [0.1, 0.15) is 42.5 Å². The Bertz CT molecular complexity index is 528. The van der Waals surface area contributed by atoms with Crippen LogP contribution in [0.5, 0.6) is 0 Å². The second kappa shape index (κ2) is 5.30. The topological polar surface area (TPSA) is 25.2 Å². The summed E-state index contributed by atoms with van der Waals surface area (Å²) in [4.78, 5) is 0. The van der Waals surface area contributed by atoms with Crippen LogP contribution in [0.15, 0.2) is 34.7 Å². The summed E-state index contributed by atoms with van der Waals surface area (Å²) in [7, 11) is 0. The number of hydrogen-bond donors (Lipinski definition) is 1. The Morgan fingerprint density at radius 2 is 1.94 bits per heavy atom. The summed E-state index contributed by atoms with van der Waals surface area (Å²) in [6, 6.07) is 10.7. The van der Waals surface area contributed by atoms with Crippen molar-refractivity contribution >= 4 is 5.69 Å². The molecule has 0 spiro atoms. The molecule has 0 bridgehead atoms. The number of rotatable bonds is 4. The summed E-state index contributed by atoms with van der Waals surface area (Å²) in [6.45, 7) is 8.42. The lowest BCUT2D eigenvalue weighted by molar-refractivity contribution is 0.467. The molecule has 2 rings (SSSR count). The SMILES string of the molecule is CCc1ccc(NC(C)c2ccc(C)o2)cc1C. The number of nitrogens with one attached hydrogen (secondary N) is 1. The monoisotopic (exact) mass is 243 g/mol. The minimum absolute atomic E-state index is 0.186. The van der Waals surface area contributed by atoms with Gasteiger partial charge in [-0.3, -0.25) is 0 Å². The van der Waals surface area contributed by atoms with Crippen molar-refractivity contribution in [3.8, 4) is 0 Å². The molecule has 1 N–H and O–H groups in total. The largest absolute Gasteiger partial charge is 0.464 e. The van der Waals surface area contributed by atoms with E-state index in [4.69, 9.17) is 4.42 Å². The minimum atomic E-state index is 0.186. The maximum Gasteiger partial charge on any atom is 0.126 e. The van der Waals surface area contributed by atoms with Crippen molar-refractivity contribution in [1.82, 2.24) is 0 Å². The lowest BCUT2D eigenvalue weighted by Crippen LogP contribution is -2.06. The van der Waals surface area contributed by atoms with E-state index in [2.05, 4.69) is 44.3 Å². The second-order valence-electron chi connectivity index (χ2n) is 4.81. The summed E-state index contributed by atoms with van der Waals surface area (Å²) >= 11 is 0. The van der Waals surface area contributed by atoms with Gasteiger partial charge in [0.25, 0.3) is 0 Å². The van der Waals surface area contributed by atoms with Gasteiger partial charge in [0.2, 0.25) is 0 Å². The first-order valence-electron chi connectivity index (χ1n) is 6.52. The lowest BCUT2D eigenvalue weighted by Gasteiger charge is -2.14. The van der Waals surface area contributed by atoms with Crippen LogP contribution in [0.2, 0.25) is 0 Å². The molecule has 0 saturated heterocycles. The van der Waals surface area contributed by atoms with E-state index in [1.54, 1.807) is 0 Å². The third kappa shape index (κ3) is 2.76. The summed E-state index contributed by atoms with van der Waals surface area (Å²) in [6.07, 6.45) is 1.08. The van der Waals surface area contributed by atoms with Gasteiger partial charge in [-0.05, 0) is 62.6 Å². The molecule has 0 saturated carbocycles. The Balaban J connectivity index is 2.12. The predicted molar refractivity (Wildman–Crippen MR) is 76.0 cm³/mol. The molecule has 1 aromatic heterocycles. The first-order chi connectivity index (χ1) is 8.60. The van der Waals surface area contributed by atoms with Gasteiger partial charge >= 0.3 is 0 Å². The molecule has 2 heteroatoms. The van der Waals surface area contributed by atoms with Crippen LogP contribution in [0.4, 0.5) is 5.69 Å². The second-order valence-corrected chi connectivity index (χ2v) is 4.81. The van der Waals surface area contributed by atoms with Gasteiger partial charge in [-0.15, -0.1) is 0 Å². The van der Waals surface area contributed by atoms with E-state index < -0.39 is 0 Å². The maximum atomic E-state index is 5.63. The number of benzene rings is 1. The van der Waals surface area contributed by atoms with Gasteiger partial charge in [0, 0.05) is 5.69 Å². The molecule has 0 fully saturated rings. The molecule has 1 unspecified atom stereocenters. The highest BCUT2D eigenvalue weighted by molar-refractivity contribution is 5.49. The first kappa shape index (κ1) is 12.7. The van der Waals surface area contributed by atoms with Crippen LogP contribution >= 0.6 is 0 Å². The summed E-state index contributed by atoms with van der Waals surface area (Å²) in [5.74, 6) is 1.93. The normalized spacial score (nSPS) is 12.4. The molecule has 0 aliphatic heterocycles. The fourth-order valence-electron chi connectivity index (χ4n) is 2.19. The van der Waals surface area contributed by atoms with Crippen LogP contribution in [-0.2, 0) is 6.42 Å². The average molecular weight is 243 g/mol. The van der Waals surface area contributed by atoms with Gasteiger partial charge in [0.05, 0.1) is 6.04 Å². The number of hydrogen-bond acceptors (Lipinski definition) is 2. The lowest BCUT2D eigenvalue weighted by atomic mass is 10.1. The van der Waals surface area contributed by atoms with Crippen LogP contribution in [-0.4, -0.2) is 0 Å². The van der Waals surface area contributed by atoms with Crippen molar-refractivity contribution in [3.05, 3.63) is 53.0 Å². The van der Waals surface area contributed by atoms with E-state index in [9.17, 15) is 0 Å². The quantitative estimate of drug-likeness (QED) is 0.846. The van der Waals surface area contributed by atoms with E-state index >= 15 is 0 Å². The standard InChI is InChI=1S/C16H21NO/c1-5-14-7-8-15(10-11(14)2)17-13(4)16-9-6-12(3)18-16/h6-10,13,17H,5H2,1-4H3. The Morgan fingerprint density at radius 1 is 1.17 bits per heavy atom. The highest BCUT2D eigenvalue weighted by atomic mass is 16.3. The summed E-state index contributed by atoms with van der Waals surface area (Å²) < 4.78 is 5.63. The Labute approximate surface area is 109 Å². The molecular weight excluding hydrogens is 222 g/mol. The zero-order valence-corrected chi connectivity index (χ0v) is 11.6. The molecule has 1 heterocycles. The number of anilines is 1. The van der Waals surface area contributed by atoms with Crippen LogP contribution < -0.4 is 5.32 Å². The molecule has 1 atom stereocenters. The van der Waals surface area contributed by atoms with Crippen LogP contribution in [0.3, 0.4) is 0 Å². The smallest absolute Gasteiger partial charge is 0.126 e. The van der Waals surface area contributed by atoms with Gasteiger partial charge in [-0.25, -0.2) is 0 Å². The first-order valence-corrected chi connectivity index (χ1v) is 6.52. The van der Waals surface area contributed by atoms with Crippen molar-refractivity contribution in [1.29, 1.82) is 0 Å². The molecule has 0 aliphatic carbocycles. The molecule has 1 aromatic carbocycles. The Hall–Kier alpha value is -1.70. The Kier molecular flexibility index (Phi) is 3.75. The van der Waals surface area contributed by atoms with E-state index in [-0.39, 0.29) is 6.04 Å². The number of aryl methyl sites for hydroxylation is 3. The van der Waals surface area contributed by atoms with Gasteiger partial charge < -0.3 is 9.73 Å².